The Hall–Kier alpha value is -2.13. The van der Waals surface area contributed by atoms with Gasteiger partial charge in [0.1, 0.15) is 24.7 Å². The van der Waals surface area contributed by atoms with Crippen molar-refractivity contribution < 1.29 is 17.9 Å². The molecule has 0 unspecified atom stereocenters. The molecule has 1 aliphatic heterocycles. The van der Waals surface area contributed by atoms with Crippen molar-refractivity contribution in [1.82, 2.24) is 9.80 Å². The van der Waals surface area contributed by atoms with E-state index in [1.54, 1.807) is 12.1 Å². The number of sulfonamides is 1. The van der Waals surface area contributed by atoms with E-state index in [2.05, 4.69) is 9.80 Å². The Morgan fingerprint density at radius 2 is 1.21 bits per heavy atom. The summed E-state index contributed by atoms with van der Waals surface area (Å²) in [5, 5.41) is 5.09. The van der Waals surface area contributed by atoms with Gasteiger partial charge in [-0.25, -0.2) is 13.6 Å². The van der Waals surface area contributed by atoms with Gasteiger partial charge in [-0.1, -0.05) is 18.2 Å². The summed E-state index contributed by atoms with van der Waals surface area (Å²) in [7, 11) is -3.66. The Balaban J connectivity index is 1.30. The van der Waals surface area contributed by atoms with Crippen molar-refractivity contribution in [1.29, 1.82) is 0 Å². The van der Waals surface area contributed by atoms with Gasteiger partial charge >= 0.3 is 0 Å². The van der Waals surface area contributed by atoms with E-state index in [0.717, 1.165) is 45.0 Å². The first-order valence-electron chi connectivity index (χ1n) is 9.39. The highest BCUT2D eigenvalue weighted by Gasteiger charge is 2.16. The van der Waals surface area contributed by atoms with Crippen molar-refractivity contribution >= 4 is 10.0 Å². The minimum absolute atomic E-state index is 0.0900. The molecule has 0 aliphatic carbocycles. The fraction of sp³-hybridized carbons (Fsp3) is 0.400. The molecule has 3 rings (SSSR count). The van der Waals surface area contributed by atoms with Gasteiger partial charge in [0.15, 0.2) is 0 Å². The average molecular weight is 406 g/mol. The first-order valence-corrected chi connectivity index (χ1v) is 10.9. The number of ether oxygens (including phenoxy) is 2. The van der Waals surface area contributed by atoms with Gasteiger partial charge in [-0.05, 0) is 36.4 Å². The molecule has 0 saturated carbocycles. The lowest BCUT2D eigenvalue weighted by Gasteiger charge is -2.34. The van der Waals surface area contributed by atoms with Crippen LogP contribution in [0.1, 0.15) is 0 Å². The zero-order valence-corrected chi connectivity index (χ0v) is 16.7. The maximum Gasteiger partial charge on any atom is 0.238 e. The second-order valence-electron chi connectivity index (χ2n) is 6.71. The van der Waals surface area contributed by atoms with Crippen molar-refractivity contribution in [3.05, 3.63) is 54.6 Å². The van der Waals surface area contributed by atoms with E-state index < -0.39 is 10.0 Å². The Kier molecular flexibility index (Phi) is 7.27. The van der Waals surface area contributed by atoms with Crippen molar-refractivity contribution in [2.75, 3.05) is 52.5 Å². The van der Waals surface area contributed by atoms with Crippen molar-refractivity contribution in [3.63, 3.8) is 0 Å². The van der Waals surface area contributed by atoms with Crippen LogP contribution in [0, 0.1) is 0 Å². The fourth-order valence-corrected chi connectivity index (χ4v) is 3.58. The van der Waals surface area contributed by atoms with Crippen LogP contribution in [-0.4, -0.2) is 70.7 Å². The van der Waals surface area contributed by atoms with Gasteiger partial charge in [-0.2, -0.15) is 0 Å². The maximum absolute atomic E-state index is 11.2. The number of nitrogens with two attached hydrogens (primary N) is 1. The normalized spacial score (nSPS) is 16.0. The van der Waals surface area contributed by atoms with Crippen LogP contribution in [0.2, 0.25) is 0 Å². The van der Waals surface area contributed by atoms with Gasteiger partial charge in [-0.15, -0.1) is 0 Å². The summed E-state index contributed by atoms with van der Waals surface area (Å²) in [4.78, 5) is 4.87. The monoisotopic (exact) mass is 405 g/mol. The number of piperazine rings is 1. The Bertz CT molecular complexity index is 820. The SMILES string of the molecule is NS(=O)(=O)c1ccc(OCCN2CCN(CCOc3ccccc3)CC2)cc1. The summed E-state index contributed by atoms with van der Waals surface area (Å²) < 4.78 is 34.0. The van der Waals surface area contributed by atoms with Crippen LogP contribution in [0.25, 0.3) is 0 Å². The summed E-state index contributed by atoms with van der Waals surface area (Å²) >= 11 is 0. The van der Waals surface area contributed by atoms with Gasteiger partial charge in [-0.3, -0.25) is 9.80 Å². The third-order valence-electron chi connectivity index (χ3n) is 4.71. The number of hydrogen-bond donors (Lipinski definition) is 1. The predicted octanol–water partition coefficient (Wildman–Crippen LogP) is 1.41. The summed E-state index contributed by atoms with van der Waals surface area (Å²) in [6, 6.07) is 16.1. The van der Waals surface area contributed by atoms with Crippen molar-refractivity contribution in [2.24, 2.45) is 5.14 Å². The first-order chi connectivity index (χ1) is 13.5. The van der Waals surface area contributed by atoms with Gasteiger partial charge in [0.25, 0.3) is 0 Å². The number of para-hydroxylation sites is 1. The van der Waals surface area contributed by atoms with Gasteiger partial charge in [0.05, 0.1) is 4.90 Å². The van der Waals surface area contributed by atoms with E-state index in [-0.39, 0.29) is 4.90 Å². The lowest BCUT2D eigenvalue weighted by Crippen LogP contribution is -2.48. The highest BCUT2D eigenvalue weighted by molar-refractivity contribution is 7.89. The largest absolute Gasteiger partial charge is 0.492 e. The van der Waals surface area contributed by atoms with Crippen LogP contribution < -0.4 is 14.6 Å². The van der Waals surface area contributed by atoms with Crippen LogP contribution in [0.5, 0.6) is 11.5 Å². The number of hydrogen-bond acceptors (Lipinski definition) is 6. The van der Waals surface area contributed by atoms with Gasteiger partial charge in [0.2, 0.25) is 10.0 Å². The average Bonchev–Trinajstić information content (AvgIpc) is 2.70. The van der Waals surface area contributed by atoms with Crippen LogP contribution in [0.15, 0.2) is 59.5 Å². The molecule has 0 bridgehead atoms. The van der Waals surface area contributed by atoms with E-state index in [4.69, 9.17) is 14.6 Å². The van der Waals surface area contributed by atoms with Crippen molar-refractivity contribution in [2.45, 2.75) is 4.90 Å². The number of nitrogens with zero attached hydrogens (tertiary/aromatic N) is 2. The van der Waals surface area contributed by atoms with Gasteiger partial charge in [0, 0.05) is 39.3 Å². The molecule has 1 aliphatic rings. The van der Waals surface area contributed by atoms with E-state index in [1.165, 1.54) is 12.1 Å². The zero-order chi connectivity index (χ0) is 19.8. The fourth-order valence-electron chi connectivity index (χ4n) is 3.06. The summed E-state index contributed by atoms with van der Waals surface area (Å²) in [5.41, 5.74) is 0. The minimum atomic E-state index is -3.66. The number of benzene rings is 2. The van der Waals surface area contributed by atoms with Crippen LogP contribution in [0.4, 0.5) is 0 Å². The highest BCUT2D eigenvalue weighted by Crippen LogP contribution is 2.15. The van der Waals surface area contributed by atoms with Crippen molar-refractivity contribution in [3.8, 4) is 11.5 Å². The topological polar surface area (TPSA) is 85.1 Å². The highest BCUT2D eigenvalue weighted by atomic mass is 32.2. The second-order valence-corrected chi connectivity index (χ2v) is 8.27. The van der Waals surface area contributed by atoms with E-state index in [0.29, 0.717) is 19.0 Å². The lowest BCUT2D eigenvalue weighted by molar-refractivity contribution is 0.105. The van der Waals surface area contributed by atoms with E-state index >= 15 is 0 Å². The Labute approximate surface area is 166 Å². The number of rotatable bonds is 9. The van der Waals surface area contributed by atoms with Gasteiger partial charge < -0.3 is 9.47 Å². The molecule has 8 heteroatoms. The van der Waals surface area contributed by atoms with Crippen LogP contribution in [0.3, 0.4) is 0 Å². The van der Waals surface area contributed by atoms with Crippen LogP contribution >= 0.6 is 0 Å². The maximum atomic E-state index is 11.2. The molecule has 0 aromatic heterocycles. The molecule has 2 N–H and O–H groups in total. The molecule has 0 spiro atoms. The first kappa shape index (κ1) is 20.6. The Morgan fingerprint density at radius 1 is 0.750 bits per heavy atom. The molecule has 0 amide bonds. The van der Waals surface area contributed by atoms with E-state index in [9.17, 15) is 8.42 Å². The predicted molar refractivity (Wildman–Crippen MR) is 108 cm³/mol. The van der Waals surface area contributed by atoms with Crippen LogP contribution in [-0.2, 0) is 10.0 Å². The molecule has 0 radical (unpaired) electrons. The van der Waals surface area contributed by atoms with E-state index in [1.807, 2.05) is 30.3 Å². The molecule has 28 heavy (non-hydrogen) atoms. The quantitative estimate of drug-likeness (QED) is 0.679. The molecular formula is C20H27N3O4S. The summed E-state index contributed by atoms with van der Waals surface area (Å²) in [6.45, 7) is 7.05. The molecule has 1 heterocycles. The third kappa shape index (κ3) is 6.49. The minimum Gasteiger partial charge on any atom is -0.492 e. The second kappa shape index (κ2) is 9.88. The molecular weight excluding hydrogens is 378 g/mol. The smallest absolute Gasteiger partial charge is 0.238 e. The standard InChI is InChI=1S/C20H27N3O4S/c21-28(24,25)20-8-6-19(7-9-20)27-17-15-23-12-10-22(11-13-23)14-16-26-18-4-2-1-3-5-18/h1-9H,10-17H2,(H2,21,24,25). The Morgan fingerprint density at radius 3 is 1.68 bits per heavy atom. The molecule has 7 nitrogen and oxygen atoms in total. The molecule has 1 saturated heterocycles. The molecule has 2 aromatic carbocycles. The molecule has 152 valence electrons. The molecule has 0 atom stereocenters. The summed E-state index contributed by atoms with van der Waals surface area (Å²) in [5.74, 6) is 1.56. The molecule has 2 aromatic rings. The summed E-state index contributed by atoms with van der Waals surface area (Å²) in [6.07, 6.45) is 0. The molecule has 1 fully saturated rings. The number of primary sulfonamides is 1. The zero-order valence-electron chi connectivity index (χ0n) is 15.9. The third-order valence-corrected chi connectivity index (χ3v) is 5.64. The lowest BCUT2D eigenvalue weighted by atomic mass is 10.3.